The SMILES string of the molecule is C=CCOC(=O)C1=C(C)N=c2s/c(=C\c3ccc(OCCCC)c(OC)c3)c(=O)n2[C@@H]1c1ccc(OC)cc1. The Morgan fingerprint density at radius 3 is 2.56 bits per heavy atom. The van der Waals surface area contributed by atoms with Gasteiger partial charge in [0.15, 0.2) is 16.3 Å². The van der Waals surface area contributed by atoms with Gasteiger partial charge in [0.25, 0.3) is 5.56 Å². The zero-order valence-electron chi connectivity index (χ0n) is 22.6. The minimum atomic E-state index is -0.713. The van der Waals surface area contributed by atoms with Gasteiger partial charge in [0.1, 0.15) is 12.4 Å². The van der Waals surface area contributed by atoms with E-state index in [4.69, 9.17) is 18.9 Å². The highest BCUT2D eigenvalue weighted by atomic mass is 32.1. The summed E-state index contributed by atoms with van der Waals surface area (Å²) in [5.74, 6) is 1.36. The standard InChI is InChI=1S/C30H32N2O6S/c1-6-8-16-37-23-14-9-20(17-24(23)36-5)18-25-28(33)32-27(21-10-12-22(35-4)13-11-21)26(29(34)38-15-7-2)19(3)31-30(32)39-25/h7,9-14,17-18,27H,2,6,8,15-16H2,1,3-5H3/b25-18-/t27-/m1/s1. The average molecular weight is 549 g/mol. The number of methoxy groups -OCH3 is 2. The molecule has 2 heterocycles. The predicted molar refractivity (Wildman–Crippen MR) is 151 cm³/mol. The smallest absolute Gasteiger partial charge is 0.338 e. The van der Waals surface area contributed by atoms with Crippen molar-refractivity contribution in [2.45, 2.75) is 32.7 Å². The molecule has 0 bridgehead atoms. The van der Waals surface area contributed by atoms with E-state index in [1.54, 1.807) is 43.9 Å². The van der Waals surface area contributed by atoms with Gasteiger partial charge in [-0.25, -0.2) is 9.79 Å². The van der Waals surface area contributed by atoms with Crippen molar-refractivity contribution in [1.29, 1.82) is 0 Å². The van der Waals surface area contributed by atoms with Gasteiger partial charge in [-0.15, -0.1) is 0 Å². The fourth-order valence-electron chi connectivity index (χ4n) is 4.27. The third-order valence-corrected chi connectivity index (χ3v) is 7.23. The molecule has 3 aromatic rings. The Kier molecular flexibility index (Phi) is 9.03. The maximum atomic E-state index is 13.8. The van der Waals surface area contributed by atoms with E-state index >= 15 is 0 Å². The summed E-state index contributed by atoms with van der Waals surface area (Å²) in [5, 5.41) is 0. The first-order valence-electron chi connectivity index (χ1n) is 12.7. The number of unbranched alkanes of at least 4 members (excludes halogenated alkanes) is 1. The van der Waals surface area contributed by atoms with Gasteiger partial charge in [-0.3, -0.25) is 9.36 Å². The fourth-order valence-corrected chi connectivity index (χ4v) is 5.31. The maximum Gasteiger partial charge on any atom is 0.338 e. The van der Waals surface area contributed by atoms with E-state index in [9.17, 15) is 9.59 Å². The molecule has 0 saturated heterocycles. The van der Waals surface area contributed by atoms with Crippen molar-refractivity contribution >= 4 is 23.4 Å². The highest BCUT2D eigenvalue weighted by Crippen LogP contribution is 2.32. The van der Waals surface area contributed by atoms with Crippen LogP contribution in [-0.4, -0.2) is 38.0 Å². The highest BCUT2D eigenvalue weighted by molar-refractivity contribution is 7.07. The van der Waals surface area contributed by atoms with Crippen molar-refractivity contribution in [1.82, 2.24) is 4.57 Å². The lowest BCUT2D eigenvalue weighted by Crippen LogP contribution is -2.39. The molecule has 4 rings (SSSR count). The second-order valence-electron chi connectivity index (χ2n) is 8.85. The van der Waals surface area contributed by atoms with Crippen LogP contribution in [0.3, 0.4) is 0 Å². The predicted octanol–water partition coefficient (Wildman–Crippen LogP) is 4.16. The van der Waals surface area contributed by atoms with Crippen LogP contribution in [0.15, 0.2) is 76.2 Å². The van der Waals surface area contributed by atoms with Gasteiger partial charge in [-0.2, -0.15) is 0 Å². The first-order chi connectivity index (χ1) is 18.9. The van der Waals surface area contributed by atoms with Crippen molar-refractivity contribution in [2.75, 3.05) is 27.4 Å². The van der Waals surface area contributed by atoms with Crippen molar-refractivity contribution < 1.29 is 23.7 Å². The van der Waals surface area contributed by atoms with Gasteiger partial charge >= 0.3 is 5.97 Å². The lowest BCUT2D eigenvalue weighted by atomic mass is 9.96. The fraction of sp³-hybridized carbons (Fsp3) is 0.300. The van der Waals surface area contributed by atoms with Gasteiger partial charge in [0, 0.05) is 0 Å². The van der Waals surface area contributed by atoms with E-state index in [0.717, 1.165) is 24.0 Å². The minimum absolute atomic E-state index is 0.0509. The van der Waals surface area contributed by atoms with E-state index in [2.05, 4.69) is 18.5 Å². The molecule has 204 valence electrons. The number of hydrogen-bond donors (Lipinski definition) is 0. The van der Waals surface area contributed by atoms with Crippen molar-refractivity contribution in [3.05, 3.63) is 97.2 Å². The molecular formula is C30H32N2O6S. The molecule has 2 aromatic carbocycles. The summed E-state index contributed by atoms with van der Waals surface area (Å²) < 4.78 is 24.1. The Bertz CT molecular complexity index is 1570. The second kappa shape index (κ2) is 12.6. The van der Waals surface area contributed by atoms with Crippen molar-refractivity contribution in [2.24, 2.45) is 4.99 Å². The first kappa shape index (κ1) is 27.9. The van der Waals surface area contributed by atoms with Crippen LogP contribution in [0.2, 0.25) is 0 Å². The number of carbonyl (C=O) groups is 1. The highest BCUT2D eigenvalue weighted by Gasteiger charge is 2.33. The number of ether oxygens (including phenoxy) is 4. The minimum Gasteiger partial charge on any atom is -0.497 e. The van der Waals surface area contributed by atoms with E-state index in [1.807, 2.05) is 30.3 Å². The number of benzene rings is 2. The number of nitrogens with zero attached hydrogens (tertiary/aromatic N) is 2. The summed E-state index contributed by atoms with van der Waals surface area (Å²) in [4.78, 5) is 32.1. The zero-order valence-corrected chi connectivity index (χ0v) is 23.4. The van der Waals surface area contributed by atoms with Crippen LogP contribution in [0.5, 0.6) is 17.2 Å². The van der Waals surface area contributed by atoms with Gasteiger partial charge < -0.3 is 18.9 Å². The number of fused-ring (bicyclic) bond motifs is 1. The summed E-state index contributed by atoms with van der Waals surface area (Å²) in [6, 6.07) is 12.1. The quantitative estimate of drug-likeness (QED) is 0.203. The van der Waals surface area contributed by atoms with Crippen LogP contribution in [0.25, 0.3) is 6.08 Å². The molecular weight excluding hydrogens is 516 g/mol. The van der Waals surface area contributed by atoms with Gasteiger partial charge in [-0.1, -0.05) is 55.5 Å². The summed E-state index contributed by atoms with van der Waals surface area (Å²) in [6.07, 6.45) is 5.28. The molecule has 0 N–H and O–H groups in total. The molecule has 0 spiro atoms. The number of thiazole rings is 1. The second-order valence-corrected chi connectivity index (χ2v) is 9.86. The van der Waals surface area contributed by atoms with Gasteiger partial charge in [0.2, 0.25) is 0 Å². The number of rotatable bonds is 11. The van der Waals surface area contributed by atoms with Crippen LogP contribution in [0.1, 0.15) is 43.9 Å². The number of hydrogen-bond acceptors (Lipinski definition) is 8. The molecule has 1 aliphatic rings. The van der Waals surface area contributed by atoms with E-state index in [-0.39, 0.29) is 12.2 Å². The zero-order chi connectivity index (χ0) is 27.9. The Labute approximate surface area is 231 Å². The van der Waals surface area contributed by atoms with Crippen molar-refractivity contribution in [3.8, 4) is 17.2 Å². The van der Waals surface area contributed by atoms with Crippen LogP contribution >= 0.6 is 11.3 Å². The topological polar surface area (TPSA) is 88.4 Å². The Morgan fingerprint density at radius 1 is 1.13 bits per heavy atom. The molecule has 0 saturated carbocycles. The molecule has 0 unspecified atom stereocenters. The number of carbonyl (C=O) groups excluding carboxylic acids is 1. The molecule has 0 amide bonds. The summed E-state index contributed by atoms with van der Waals surface area (Å²) >= 11 is 1.26. The third kappa shape index (κ3) is 5.98. The number of allylic oxidation sites excluding steroid dienone is 1. The van der Waals surface area contributed by atoms with E-state index < -0.39 is 12.0 Å². The van der Waals surface area contributed by atoms with Crippen LogP contribution in [-0.2, 0) is 9.53 Å². The summed E-state index contributed by atoms with van der Waals surface area (Å²) in [7, 11) is 3.17. The lowest BCUT2D eigenvalue weighted by molar-refractivity contribution is -0.138. The van der Waals surface area contributed by atoms with Crippen LogP contribution < -0.4 is 29.1 Å². The molecule has 1 atom stereocenters. The van der Waals surface area contributed by atoms with Gasteiger partial charge in [0.05, 0.1) is 42.7 Å². The monoisotopic (exact) mass is 548 g/mol. The van der Waals surface area contributed by atoms with Crippen molar-refractivity contribution in [3.63, 3.8) is 0 Å². The molecule has 39 heavy (non-hydrogen) atoms. The largest absolute Gasteiger partial charge is 0.497 e. The number of aromatic nitrogens is 1. The molecule has 1 aliphatic heterocycles. The Hall–Kier alpha value is -4.11. The summed E-state index contributed by atoms with van der Waals surface area (Å²) in [6.45, 7) is 8.13. The molecule has 8 nitrogen and oxygen atoms in total. The molecule has 1 aromatic heterocycles. The van der Waals surface area contributed by atoms with E-state index in [0.29, 0.717) is 44.5 Å². The van der Waals surface area contributed by atoms with Crippen LogP contribution in [0.4, 0.5) is 0 Å². The molecule has 0 fully saturated rings. The average Bonchev–Trinajstić information content (AvgIpc) is 3.25. The molecule has 9 heteroatoms. The normalized spacial score (nSPS) is 14.9. The lowest BCUT2D eigenvalue weighted by Gasteiger charge is -2.24. The Balaban J connectivity index is 1.82. The maximum absolute atomic E-state index is 13.8. The number of esters is 1. The molecule has 0 radical (unpaired) electrons. The molecule has 0 aliphatic carbocycles. The van der Waals surface area contributed by atoms with Gasteiger partial charge in [-0.05, 0) is 54.8 Å². The summed E-state index contributed by atoms with van der Waals surface area (Å²) in [5.41, 5.74) is 2.05. The first-order valence-corrected chi connectivity index (χ1v) is 13.5. The van der Waals surface area contributed by atoms with E-state index in [1.165, 1.54) is 17.4 Å². The third-order valence-electron chi connectivity index (χ3n) is 6.25. The Morgan fingerprint density at radius 2 is 1.90 bits per heavy atom. The van der Waals surface area contributed by atoms with Crippen LogP contribution in [0, 0.1) is 0 Å².